The van der Waals surface area contributed by atoms with Crippen LogP contribution in [0.15, 0.2) is 12.3 Å². The van der Waals surface area contributed by atoms with Crippen molar-refractivity contribution >= 4 is 57.1 Å². The second-order valence-corrected chi connectivity index (χ2v) is 10.9. The summed E-state index contributed by atoms with van der Waals surface area (Å²) in [4.78, 5) is 33.8. The van der Waals surface area contributed by atoms with Crippen LogP contribution in [-0.4, -0.2) is 59.0 Å². The number of amides is 2. The number of hydrogen-bond acceptors (Lipinski definition) is 5. The van der Waals surface area contributed by atoms with E-state index in [1.807, 2.05) is 4.90 Å². The van der Waals surface area contributed by atoms with Gasteiger partial charge in [0.15, 0.2) is 11.6 Å². The zero-order valence-corrected chi connectivity index (χ0v) is 21.0. The lowest BCUT2D eigenvalue weighted by molar-refractivity contribution is 0.0516. The van der Waals surface area contributed by atoms with Crippen molar-refractivity contribution in [2.75, 3.05) is 29.9 Å². The van der Waals surface area contributed by atoms with Gasteiger partial charge in [0.2, 0.25) is 0 Å². The zero-order valence-electron chi connectivity index (χ0n) is 20.2. The van der Waals surface area contributed by atoms with E-state index >= 15 is 4.39 Å². The molecule has 2 aliphatic rings. The summed E-state index contributed by atoms with van der Waals surface area (Å²) in [5.74, 6) is -2.30. The van der Waals surface area contributed by atoms with Crippen molar-refractivity contribution in [3.8, 4) is 0 Å². The van der Waals surface area contributed by atoms with Gasteiger partial charge in [-0.15, -0.1) is 0 Å². The van der Waals surface area contributed by atoms with E-state index < -0.39 is 29.4 Å². The van der Waals surface area contributed by atoms with Crippen LogP contribution in [-0.2, 0) is 4.74 Å². The molecule has 12 heteroatoms. The topological polar surface area (TPSA) is 111 Å². The standard InChI is InChI=1S/C24H26ClF2N5O4/c1-23(2,3)36-21(33)29-14-8-24(14)5-6-32(10-24)19-11(25)9-28-20-16(19)15-17(27)12(26)7-13(18(15)30-20)31(4)22(34)35/h7,9,14H,5-6,8,10H2,1-4H3,(H,28,30)(H,29,33)(H,34,35)/t14-,24+/m1/s1. The van der Waals surface area contributed by atoms with Gasteiger partial charge in [-0.1, -0.05) is 11.6 Å². The third kappa shape index (κ3) is 3.95. The first-order valence-corrected chi connectivity index (χ1v) is 11.9. The van der Waals surface area contributed by atoms with E-state index in [1.54, 1.807) is 20.8 Å². The number of carbonyl (C=O) groups excluding carboxylic acids is 1. The molecule has 2 aromatic heterocycles. The summed E-state index contributed by atoms with van der Waals surface area (Å²) < 4.78 is 35.2. The fourth-order valence-corrected chi connectivity index (χ4v) is 5.38. The smallest absolute Gasteiger partial charge is 0.411 e. The molecule has 1 aromatic carbocycles. The molecule has 1 saturated heterocycles. The van der Waals surface area contributed by atoms with Gasteiger partial charge < -0.3 is 25.0 Å². The predicted molar refractivity (Wildman–Crippen MR) is 132 cm³/mol. The van der Waals surface area contributed by atoms with Gasteiger partial charge >= 0.3 is 12.2 Å². The highest BCUT2D eigenvalue weighted by molar-refractivity contribution is 6.36. The molecule has 3 N–H and O–H groups in total. The van der Waals surface area contributed by atoms with Crippen LogP contribution >= 0.6 is 11.6 Å². The molecule has 36 heavy (non-hydrogen) atoms. The fraction of sp³-hybridized carbons (Fsp3) is 0.458. The third-order valence-electron chi connectivity index (χ3n) is 6.93. The number of nitrogens with zero attached hydrogens (tertiary/aromatic N) is 3. The first kappa shape index (κ1) is 24.4. The number of ether oxygens (including phenoxy) is 1. The number of fused-ring (bicyclic) bond motifs is 3. The number of pyridine rings is 1. The normalized spacial score (nSPS) is 21.4. The molecule has 0 bridgehead atoms. The lowest BCUT2D eigenvalue weighted by Crippen LogP contribution is -2.36. The van der Waals surface area contributed by atoms with Crippen LogP contribution in [0.4, 0.5) is 29.7 Å². The number of halogens is 3. The Morgan fingerprint density at radius 1 is 1.36 bits per heavy atom. The second kappa shape index (κ2) is 8.09. The van der Waals surface area contributed by atoms with Gasteiger partial charge in [0, 0.05) is 37.7 Å². The number of rotatable bonds is 3. The number of anilines is 2. The van der Waals surface area contributed by atoms with Crippen molar-refractivity contribution in [2.24, 2.45) is 5.41 Å². The lowest BCUT2D eigenvalue weighted by Gasteiger charge is -2.22. The summed E-state index contributed by atoms with van der Waals surface area (Å²) in [5.41, 5.74) is 0.0233. The highest BCUT2D eigenvalue weighted by Gasteiger charge is 2.58. The van der Waals surface area contributed by atoms with Crippen LogP contribution in [0.2, 0.25) is 5.02 Å². The number of aromatic nitrogens is 2. The van der Waals surface area contributed by atoms with E-state index in [9.17, 15) is 19.1 Å². The van der Waals surface area contributed by atoms with E-state index in [0.29, 0.717) is 18.8 Å². The number of aromatic amines is 1. The van der Waals surface area contributed by atoms with Crippen LogP contribution in [0.25, 0.3) is 21.9 Å². The van der Waals surface area contributed by atoms with Crippen LogP contribution in [0.3, 0.4) is 0 Å². The van der Waals surface area contributed by atoms with Gasteiger partial charge in [0.05, 0.1) is 38.9 Å². The molecular weight excluding hydrogens is 496 g/mol. The Balaban J connectivity index is 1.53. The van der Waals surface area contributed by atoms with Gasteiger partial charge in [0.1, 0.15) is 11.2 Å². The predicted octanol–water partition coefficient (Wildman–Crippen LogP) is 5.26. The Morgan fingerprint density at radius 2 is 2.08 bits per heavy atom. The second-order valence-electron chi connectivity index (χ2n) is 10.5. The summed E-state index contributed by atoms with van der Waals surface area (Å²) in [7, 11) is 1.25. The monoisotopic (exact) mass is 521 g/mol. The molecule has 1 aliphatic carbocycles. The van der Waals surface area contributed by atoms with Crippen molar-refractivity contribution in [3.05, 3.63) is 28.9 Å². The van der Waals surface area contributed by atoms with Crippen molar-refractivity contribution in [1.29, 1.82) is 0 Å². The molecule has 0 radical (unpaired) electrons. The maximum absolute atomic E-state index is 15.2. The molecule has 9 nitrogen and oxygen atoms in total. The minimum absolute atomic E-state index is 0.0433. The quantitative estimate of drug-likeness (QED) is 0.434. The number of carbonyl (C=O) groups is 2. The summed E-state index contributed by atoms with van der Waals surface area (Å²) in [6.07, 6.45) is 1.15. The van der Waals surface area contributed by atoms with Crippen molar-refractivity contribution < 1.29 is 28.2 Å². The molecule has 2 amide bonds. The van der Waals surface area contributed by atoms with Gasteiger partial charge in [-0.25, -0.2) is 23.4 Å². The van der Waals surface area contributed by atoms with Crippen LogP contribution in [0.5, 0.6) is 0 Å². The van der Waals surface area contributed by atoms with Crippen molar-refractivity contribution in [3.63, 3.8) is 0 Å². The number of alkyl carbamates (subject to hydrolysis) is 1. The number of nitrogens with one attached hydrogen (secondary N) is 2. The van der Waals surface area contributed by atoms with Gasteiger partial charge in [-0.05, 0) is 33.6 Å². The number of hydrogen-bond donors (Lipinski definition) is 3. The number of carboxylic acid groups (broad SMARTS) is 1. The molecule has 1 spiro atoms. The summed E-state index contributed by atoms with van der Waals surface area (Å²) in [6.45, 7) is 6.51. The first-order valence-electron chi connectivity index (χ1n) is 11.5. The van der Waals surface area contributed by atoms with Crippen LogP contribution in [0.1, 0.15) is 33.6 Å². The molecule has 192 valence electrons. The van der Waals surface area contributed by atoms with Gasteiger partial charge in [0.25, 0.3) is 0 Å². The Hall–Kier alpha value is -3.34. The van der Waals surface area contributed by atoms with Gasteiger partial charge in [-0.2, -0.15) is 0 Å². The molecule has 2 fully saturated rings. The maximum Gasteiger partial charge on any atom is 0.411 e. The van der Waals surface area contributed by atoms with E-state index in [0.717, 1.165) is 23.8 Å². The van der Waals surface area contributed by atoms with Gasteiger partial charge in [-0.3, -0.25) is 4.90 Å². The molecule has 1 saturated carbocycles. The van der Waals surface area contributed by atoms with Crippen molar-refractivity contribution in [1.82, 2.24) is 15.3 Å². The molecule has 3 aromatic rings. The molecule has 3 heterocycles. The van der Waals surface area contributed by atoms with Crippen LogP contribution in [0, 0.1) is 17.0 Å². The SMILES string of the molecule is CN(C(=O)O)c1cc(F)c(F)c2c1[nH]c1ncc(Cl)c(N3CC[C@]4(C[C@H]4NC(=O)OC(C)(C)C)C3)c12. The summed E-state index contributed by atoms with van der Waals surface area (Å²) in [6, 6.07) is 0.770. The molecule has 1 aliphatic heterocycles. The highest BCUT2D eigenvalue weighted by atomic mass is 35.5. The highest BCUT2D eigenvalue weighted by Crippen LogP contribution is 2.55. The van der Waals surface area contributed by atoms with E-state index in [1.165, 1.54) is 13.2 Å². The van der Waals surface area contributed by atoms with Crippen molar-refractivity contribution in [2.45, 2.75) is 45.3 Å². The van der Waals surface area contributed by atoms with E-state index in [4.69, 9.17) is 16.3 Å². The summed E-state index contributed by atoms with van der Waals surface area (Å²) in [5, 5.41) is 12.8. The fourth-order valence-electron chi connectivity index (χ4n) is 5.12. The molecule has 2 atom stereocenters. The first-order chi connectivity index (χ1) is 16.8. The molecule has 5 rings (SSSR count). The third-order valence-corrected chi connectivity index (χ3v) is 7.21. The number of H-pyrrole nitrogens is 1. The Kier molecular flexibility index (Phi) is 5.47. The minimum Gasteiger partial charge on any atom is -0.465 e. The average molecular weight is 522 g/mol. The maximum atomic E-state index is 15.2. The Labute approximate surface area is 210 Å². The molecule has 0 unspecified atom stereocenters. The van der Waals surface area contributed by atoms with E-state index in [-0.39, 0.29) is 44.1 Å². The zero-order chi connectivity index (χ0) is 26.2. The Bertz CT molecular complexity index is 1420. The summed E-state index contributed by atoms with van der Waals surface area (Å²) >= 11 is 6.56. The minimum atomic E-state index is -1.33. The average Bonchev–Trinajstić information content (AvgIpc) is 3.09. The van der Waals surface area contributed by atoms with E-state index in [2.05, 4.69) is 15.3 Å². The lowest BCUT2D eigenvalue weighted by atomic mass is 10.1. The Morgan fingerprint density at radius 3 is 2.75 bits per heavy atom. The molecular formula is C24H26ClF2N5O4. The number of benzene rings is 1. The largest absolute Gasteiger partial charge is 0.465 e. The van der Waals surface area contributed by atoms with Crippen LogP contribution < -0.4 is 15.1 Å².